The monoisotopic (exact) mass is 366 g/mol. The SMILES string of the molecule is CC1(C)NC=C2C(Cl)=CC(Nc3ncnc4cc(C5CC5)ncc34)=CN21. The lowest BCUT2D eigenvalue weighted by Gasteiger charge is -2.35. The largest absolute Gasteiger partial charge is 0.367 e. The van der Waals surface area contributed by atoms with Crippen LogP contribution < -0.4 is 10.6 Å². The molecule has 5 rings (SSSR count). The van der Waals surface area contributed by atoms with Crippen LogP contribution in [0.4, 0.5) is 5.82 Å². The number of fused-ring (bicyclic) bond motifs is 2. The van der Waals surface area contributed by atoms with Crippen LogP contribution in [0.2, 0.25) is 0 Å². The molecule has 2 aromatic rings. The molecule has 2 N–H and O–H groups in total. The fourth-order valence-electron chi connectivity index (χ4n) is 3.36. The van der Waals surface area contributed by atoms with Crippen LogP contribution in [0.3, 0.4) is 0 Å². The zero-order valence-electron chi connectivity index (χ0n) is 14.6. The molecule has 0 bridgehead atoms. The summed E-state index contributed by atoms with van der Waals surface area (Å²) in [4.78, 5) is 15.5. The number of nitrogens with one attached hydrogen (secondary N) is 2. The van der Waals surface area contributed by atoms with Crippen molar-refractivity contribution in [3.63, 3.8) is 0 Å². The topological polar surface area (TPSA) is 66.0 Å². The molecule has 3 aliphatic rings. The van der Waals surface area contributed by atoms with Crippen molar-refractivity contribution < 1.29 is 0 Å². The average molecular weight is 367 g/mol. The number of nitrogens with zero attached hydrogens (tertiary/aromatic N) is 4. The molecule has 1 aliphatic carbocycles. The number of allylic oxidation sites excluding steroid dienone is 2. The highest BCUT2D eigenvalue weighted by Gasteiger charge is 2.35. The molecule has 26 heavy (non-hydrogen) atoms. The normalized spacial score (nSPS) is 20.9. The van der Waals surface area contributed by atoms with Gasteiger partial charge in [0.15, 0.2) is 0 Å². The van der Waals surface area contributed by atoms with Crippen molar-refractivity contribution in [2.45, 2.75) is 38.3 Å². The minimum absolute atomic E-state index is 0.231. The van der Waals surface area contributed by atoms with E-state index < -0.39 is 0 Å². The van der Waals surface area contributed by atoms with Gasteiger partial charge in [-0.1, -0.05) is 11.6 Å². The zero-order valence-corrected chi connectivity index (χ0v) is 15.4. The Hall–Kier alpha value is -2.60. The van der Waals surface area contributed by atoms with E-state index in [0.717, 1.165) is 33.8 Å². The maximum atomic E-state index is 6.47. The van der Waals surface area contributed by atoms with E-state index in [9.17, 15) is 0 Å². The van der Waals surface area contributed by atoms with Gasteiger partial charge in [0.2, 0.25) is 0 Å². The van der Waals surface area contributed by atoms with Gasteiger partial charge in [-0.25, -0.2) is 9.97 Å². The van der Waals surface area contributed by atoms with Gasteiger partial charge in [0.25, 0.3) is 0 Å². The van der Waals surface area contributed by atoms with Crippen LogP contribution in [0.1, 0.15) is 38.3 Å². The van der Waals surface area contributed by atoms with Gasteiger partial charge >= 0.3 is 0 Å². The Balaban J connectivity index is 1.50. The first-order valence-corrected chi connectivity index (χ1v) is 9.13. The number of hydrogen-bond acceptors (Lipinski definition) is 6. The number of pyridine rings is 1. The molecule has 0 spiro atoms. The zero-order chi connectivity index (χ0) is 17.9. The van der Waals surface area contributed by atoms with Crippen LogP contribution in [-0.4, -0.2) is 25.5 Å². The fraction of sp³-hybridized carbons (Fsp3) is 0.316. The fourth-order valence-corrected chi connectivity index (χ4v) is 3.63. The summed E-state index contributed by atoms with van der Waals surface area (Å²) in [7, 11) is 0. The minimum atomic E-state index is -0.231. The van der Waals surface area contributed by atoms with Crippen molar-refractivity contribution in [3.05, 3.63) is 59.2 Å². The summed E-state index contributed by atoms with van der Waals surface area (Å²) in [5, 5.41) is 8.30. The molecule has 0 amide bonds. The number of hydrogen-bond donors (Lipinski definition) is 2. The predicted molar refractivity (Wildman–Crippen MR) is 102 cm³/mol. The van der Waals surface area contributed by atoms with Gasteiger partial charge in [-0.05, 0) is 38.8 Å². The van der Waals surface area contributed by atoms with Crippen LogP contribution in [0.5, 0.6) is 0 Å². The van der Waals surface area contributed by atoms with E-state index in [1.807, 2.05) is 24.7 Å². The predicted octanol–water partition coefficient (Wildman–Crippen LogP) is 3.77. The van der Waals surface area contributed by atoms with E-state index in [2.05, 4.69) is 50.4 Å². The lowest BCUT2D eigenvalue weighted by Crippen LogP contribution is -2.44. The van der Waals surface area contributed by atoms with Gasteiger partial charge in [-0.3, -0.25) is 4.98 Å². The molecule has 4 heterocycles. The molecule has 6 nitrogen and oxygen atoms in total. The molecule has 0 atom stereocenters. The minimum Gasteiger partial charge on any atom is -0.367 e. The lowest BCUT2D eigenvalue weighted by atomic mass is 10.1. The Morgan fingerprint density at radius 3 is 2.92 bits per heavy atom. The second-order valence-corrected chi connectivity index (χ2v) is 7.83. The van der Waals surface area contributed by atoms with Crippen molar-refractivity contribution in [1.82, 2.24) is 25.2 Å². The summed E-state index contributed by atoms with van der Waals surface area (Å²) in [6.45, 7) is 4.20. The first-order chi connectivity index (χ1) is 12.5. The van der Waals surface area contributed by atoms with Gasteiger partial charge in [0.05, 0.1) is 27.3 Å². The third-order valence-corrected chi connectivity index (χ3v) is 5.32. The highest BCUT2D eigenvalue weighted by molar-refractivity contribution is 6.32. The van der Waals surface area contributed by atoms with E-state index in [-0.39, 0.29) is 5.66 Å². The Morgan fingerprint density at radius 1 is 1.27 bits per heavy atom. The van der Waals surface area contributed by atoms with Gasteiger partial charge in [0.1, 0.15) is 17.8 Å². The first-order valence-electron chi connectivity index (χ1n) is 8.75. The first kappa shape index (κ1) is 15.6. The van der Waals surface area contributed by atoms with E-state index in [0.29, 0.717) is 11.0 Å². The van der Waals surface area contributed by atoms with Gasteiger partial charge in [-0.2, -0.15) is 0 Å². The van der Waals surface area contributed by atoms with Crippen LogP contribution in [0.15, 0.2) is 53.5 Å². The summed E-state index contributed by atoms with van der Waals surface area (Å²) in [6, 6.07) is 2.08. The Morgan fingerprint density at radius 2 is 2.12 bits per heavy atom. The van der Waals surface area contributed by atoms with E-state index in [1.165, 1.54) is 12.8 Å². The number of halogens is 1. The summed E-state index contributed by atoms with van der Waals surface area (Å²) in [5.74, 6) is 1.33. The highest BCUT2D eigenvalue weighted by atomic mass is 35.5. The third kappa shape index (κ3) is 2.52. The van der Waals surface area contributed by atoms with E-state index in [4.69, 9.17) is 11.6 Å². The van der Waals surface area contributed by atoms with Crippen molar-refractivity contribution in [3.8, 4) is 0 Å². The smallest absolute Gasteiger partial charge is 0.143 e. The molecule has 132 valence electrons. The van der Waals surface area contributed by atoms with Gasteiger partial charge in [0, 0.05) is 30.2 Å². The molecule has 2 aromatic heterocycles. The summed E-state index contributed by atoms with van der Waals surface area (Å²) in [5.41, 5.74) is 3.64. The standard InChI is InChI=1S/C19H19ClN6/c1-19(2)24-8-17-14(20)5-12(9-26(17)19)25-18-13-7-21-15(11-3-4-11)6-16(13)22-10-23-18/h5-11,24H,3-4H2,1-2H3,(H,22,23,25). The second kappa shape index (κ2) is 5.45. The number of rotatable bonds is 3. The van der Waals surface area contributed by atoms with Crippen LogP contribution >= 0.6 is 11.6 Å². The molecular formula is C19H19ClN6. The molecule has 0 saturated heterocycles. The molecule has 1 fully saturated rings. The maximum absolute atomic E-state index is 6.47. The quantitative estimate of drug-likeness (QED) is 0.861. The Bertz CT molecular complexity index is 1000. The molecule has 0 radical (unpaired) electrons. The van der Waals surface area contributed by atoms with Gasteiger partial charge in [-0.15, -0.1) is 0 Å². The number of anilines is 1. The van der Waals surface area contributed by atoms with Crippen molar-refractivity contribution >= 4 is 28.3 Å². The Kier molecular flexibility index (Phi) is 3.28. The molecule has 0 aromatic carbocycles. The van der Waals surface area contributed by atoms with Crippen molar-refractivity contribution in [2.75, 3.05) is 5.32 Å². The molecular weight excluding hydrogens is 348 g/mol. The highest BCUT2D eigenvalue weighted by Crippen LogP contribution is 2.40. The summed E-state index contributed by atoms with van der Waals surface area (Å²) >= 11 is 6.47. The van der Waals surface area contributed by atoms with Crippen LogP contribution in [-0.2, 0) is 0 Å². The molecule has 2 aliphatic heterocycles. The van der Waals surface area contributed by atoms with Gasteiger partial charge < -0.3 is 15.5 Å². The number of aromatic nitrogens is 3. The van der Waals surface area contributed by atoms with E-state index in [1.54, 1.807) is 6.33 Å². The molecule has 0 unspecified atom stereocenters. The van der Waals surface area contributed by atoms with Crippen LogP contribution in [0.25, 0.3) is 10.9 Å². The lowest BCUT2D eigenvalue weighted by molar-refractivity contribution is 0.237. The molecule has 7 heteroatoms. The second-order valence-electron chi connectivity index (χ2n) is 7.43. The summed E-state index contributed by atoms with van der Waals surface area (Å²) < 4.78 is 0. The summed E-state index contributed by atoms with van der Waals surface area (Å²) in [6.07, 6.45) is 11.8. The third-order valence-electron chi connectivity index (χ3n) is 5.02. The van der Waals surface area contributed by atoms with Crippen molar-refractivity contribution in [1.29, 1.82) is 0 Å². The molecule has 1 saturated carbocycles. The average Bonchev–Trinajstić information content (AvgIpc) is 3.41. The maximum Gasteiger partial charge on any atom is 0.143 e. The van der Waals surface area contributed by atoms with Crippen molar-refractivity contribution in [2.24, 2.45) is 0 Å². The Labute approximate surface area is 156 Å². The van der Waals surface area contributed by atoms with Crippen LogP contribution in [0, 0.1) is 0 Å². The van der Waals surface area contributed by atoms with E-state index >= 15 is 0 Å².